The highest BCUT2D eigenvalue weighted by Crippen LogP contribution is 2.29. The second-order valence-electron chi connectivity index (χ2n) is 4.71. The largest absolute Gasteiger partial charge is 0.463 e. The van der Waals surface area contributed by atoms with Gasteiger partial charge in [0.1, 0.15) is 11.6 Å². The monoisotopic (exact) mass is 300 g/mol. The molecular weight excluding hydrogens is 283 g/mol. The molecule has 22 heavy (non-hydrogen) atoms. The maximum absolute atomic E-state index is 13.9. The van der Waals surface area contributed by atoms with Crippen LogP contribution < -0.4 is 4.74 Å². The molecule has 0 saturated heterocycles. The molecule has 4 heteroatoms. The van der Waals surface area contributed by atoms with E-state index in [-0.39, 0.29) is 11.6 Å². The first-order valence-electron chi connectivity index (χ1n) is 6.85. The van der Waals surface area contributed by atoms with Crippen molar-refractivity contribution in [3.63, 3.8) is 0 Å². The minimum Gasteiger partial charge on any atom is -0.463 e. The van der Waals surface area contributed by atoms with Crippen LogP contribution in [0.5, 0.6) is 5.75 Å². The summed E-state index contributed by atoms with van der Waals surface area (Å²) in [6, 6.07) is 11.8. The zero-order valence-electron chi connectivity index (χ0n) is 12.7. The highest BCUT2D eigenvalue weighted by molar-refractivity contribution is 5.86. The van der Waals surface area contributed by atoms with Crippen LogP contribution in [0.3, 0.4) is 0 Å². The third kappa shape index (κ3) is 3.34. The highest BCUT2D eigenvalue weighted by atomic mass is 19.1. The molecule has 0 fully saturated rings. The van der Waals surface area contributed by atoms with Gasteiger partial charge in [0.15, 0.2) is 0 Å². The Bertz CT molecular complexity index is 720. The van der Waals surface area contributed by atoms with E-state index in [1.165, 1.54) is 19.3 Å². The van der Waals surface area contributed by atoms with Gasteiger partial charge >= 0.3 is 5.97 Å². The molecule has 0 amide bonds. The fraction of sp³-hybridized carbons (Fsp3) is 0.167. The van der Waals surface area contributed by atoms with Gasteiger partial charge in [-0.3, -0.25) is 0 Å². The van der Waals surface area contributed by atoms with Gasteiger partial charge in [-0.1, -0.05) is 30.3 Å². The molecule has 2 rings (SSSR count). The Morgan fingerprint density at radius 1 is 1.18 bits per heavy atom. The van der Waals surface area contributed by atoms with Crippen molar-refractivity contribution < 1.29 is 18.7 Å². The van der Waals surface area contributed by atoms with Crippen molar-refractivity contribution in [2.75, 3.05) is 7.11 Å². The third-order valence-corrected chi connectivity index (χ3v) is 3.24. The SMILES string of the molecule is C/C=C(\Oc1cc(-c2ccccc2F)ccc1C)C(=O)OC. The summed E-state index contributed by atoms with van der Waals surface area (Å²) in [5.74, 6) is -0.287. The lowest BCUT2D eigenvalue weighted by Crippen LogP contribution is -2.11. The van der Waals surface area contributed by atoms with Crippen LogP contribution in [0.25, 0.3) is 11.1 Å². The van der Waals surface area contributed by atoms with Gasteiger partial charge in [-0.05, 0) is 43.2 Å². The zero-order chi connectivity index (χ0) is 16.1. The molecule has 0 atom stereocenters. The van der Waals surface area contributed by atoms with E-state index in [2.05, 4.69) is 4.74 Å². The number of esters is 1. The molecule has 0 radical (unpaired) electrons. The molecule has 0 saturated carbocycles. The fourth-order valence-corrected chi connectivity index (χ4v) is 2.01. The molecule has 114 valence electrons. The van der Waals surface area contributed by atoms with E-state index in [1.807, 2.05) is 19.1 Å². The normalized spacial score (nSPS) is 11.2. The van der Waals surface area contributed by atoms with Gasteiger partial charge in [0, 0.05) is 5.56 Å². The van der Waals surface area contributed by atoms with Crippen LogP contribution in [-0.2, 0) is 9.53 Å². The van der Waals surface area contributed by atoms with Crippen molar-refractivity contribution in [1.29, 1.82) is 0 Å². The molecule has 2 aromatic carbocycles. The summed E-state index contributed by atoms with van der Waals surface area (Å²) in [5.41, 5.74) is 2.00. The van der Waals surface area contributed by atoms with E-state index < -0.39 is 5.97 Å². The number of carbonyl (C=O) groups is 1. The molecule has 0 aliphatic heterocycles. The average Bonchev–Trinajstić information content (AvgIpc) is 2.54. The van der Waals surface area contributed by atoms with Crippen molar-refractivity contribution in [1.82, 2.24) is 0 Å². The van der Waals surface area contributed by atoms with Gasteiger partial charge in [-0.15, -0.1) is 0 Å². The highest BCUT2D eigenvalue weighted by Gasteiger charge is 2.14. The van der Waals surface area contributed by atoms with Crippen LogP contribution in [0.4, 0.5) is 4.39 Å². The Balaban J connectivity index is 2.40. The second kappa shape index (κ2) is 6.89. The second-order valence-corrected chi connectivity index (χ2v) is 4.71. The Hall–Kier alpha value is -2.62. The number of hydrogen-bond donors (Lipinski definition) is 0. The molecule has 0 aromatic heterocycles. The maximum atomic E-state index is 13.9. The molecule has 3 nitrogen and oxygen atoms in total. The number of allylic oxidation sites excluding steroid dienone is 1. The quantitative estimate of drug-likeness (QED) is 0.481. The van der Waals surface area contributed by atoms with Crippen molar-refractivity contribution in [2.24, 2.45) is 0 Å². The van der Waals surface area contributed by atoms with Gasteiger partial charge in [0.25, 0.3) is 0 Å². The Morgan fingerprint density at radius 3 is 2.55 bits per heavy atom. The van der Waals surface area contributed by atoms with Crippen LogP contribution >= 0.6 is 0 Å². The summed E-state index contributed by atoms with van der Waals surface area (Å²) in [7, 11) is 1.29. The van der Waals surface area contributed by atoms with Crippen molar-refractivity contribution in [2.45, 2.75) is 13.8 Å². The smallest absolute Gasteiger partial charge is 0.373 e. The van der Waals surface area contributed by atoms with E-state index in [9.17, 15) is 9.18 Å². The maximum Gasteiger partial charge on any atom is 0.373 e. The Morgan fingerprint density at radius 2 is 1.91 bits per heavy atom. The number of methoxy groups -OCH3 is 1. The zero-order valence-corrected chi connectivity index (χ0v) is 12.7. The average molecular weight is 300 g/mol. The summed E-state index contributed by atoms with van der Waals surface area (Å²) in [4.78, 5) is 11.6. The number of benzene rings is 2. The van der Waals surface area contributed by atoms with E-state index >= 15 is 0 Å². The minimum absolute atomic E-state index is 0.0938. The van der Waals surface area contributed by atoms with Crippen molar-refractivity contribution in [3.8, 4) is 16.9 Å². The number of halogens is 1. The first-order chi connectivity index (χ1) is 10.6. The lowest BCUT2D eigenvalue weighted by atomic mass is 10.0. The Kier molecular flexibility index (Phi) is 4.94. The summed E-state index contributed by atoms with van der Waals surface area (Å²) < 4.78 is 24.2. The summed E-state index contributed by atoms with van der Waals surface area (Å²) in [6.07, 6.45) is 1.53. The lowest BCUT2D eigenvalue weighted by molar-refractivity contribution is -0.138. The molecule has 0 heterocycles. The molecular formula is C18H17FO3. The van der Waals surface area contributed by atoms with Gasteiger partial charge in [-0.25, -0.2) is 9.18 Å². The first kappa shape index (κ1) is 15.8. The number of rotatable bonds is 4. The van der Waals surface area contributed by atoms with Crippen LogP contribution in [0.15, 0.2) is 54.3 Å². The van der Waals surface area contributed by atoms with Crippen LogP contribution in [0, 0.1) is 12.7 Å². The lowest BCUT2D eigenvalue weighted by Gasteiger charge is -2.12. The number of hydrogen-bond acceptors (Lipinski definition) is 3. The van der Waals surface area contributed by atoms with Gasteiger partial charge in [0.05, 0.1) is 7.11 Å². The standard InChI is InChI=1S/C18H17FO3/c1-4-16(18(20)21-3)22-17-11-13(10-9-12(17)2)14-7-5-6-8-15(14)19/h4-11H,1-3H3/b16-4-. The molecule has 0 N–H and O–H groups in total. The predicted octanol–water partition coefficient (Wildman–Crippen LogP) is 4.26. The number of ether oxygens (including phenoxy) is 2. The molecule has 0 aliphatic rings. The van der Waals surface area contributed by atoms with Crippen LogP contribution in [0.2, 0.25) is 0 Å². The summed E-state index contributed by atoms with van der Waals surface area (Å²) >= 11 is 0. The molecule has 0 spiro atoms. The van der Waals surface area contributed by atoms with Crippen LogP contribution in [0.1, 0.15) is 12.5 Å². The molecule has 0 bridgehead atoms. The van der Waals surface area contributed by atoms with E-state index in [0.29, 0.717) is 16.9 Å². The Labute approximate surface area is 129 Å². The van der Waals surface area contributed by atoms with Gasteiger partial charge in [-0.2, -0.15) is 0 Å². The molecule has 0 aliphatic carbocycles. The van der Waals surface area contributed by atoms with Gasteiger partial charge < -0.3 is 9.47 Å². The van der Waals surface area contributed by atoms with E-state index in [4.69, 9.17) is 4.74 Å². The van der Waals surface area contributed by atoms with E-state index in [1.54, 1.807) is 31.2 Å². The predicted molar refractivity (Wildman–Crippen MR) is 83.0 cm³/mol. The molecule has 2 aromatic rings. The van der Waals surface area contributed by atoms with Crippen LogP contribution in [-0.4, -0.2) is 13.1 Å². The fourth-order valence-electron chi connectivity index (χ4n) is 2.01. The first-order valence-corrected chi connectivity index (χ1v) is 6.85. The summed E-state index contributed by atoms with van der Waals surface area (Å²) in [5, 5.41) is 0. The number of aryl methyl sites for hydroxylation is 1. The minimum atomic E-state index is -0.557. The third-order valence-electron chi connectivity index (χ3n) is 3.24. The number of carbonyl (C=O) groups excluding carboxylic acids is 1. The summed E-state index contributed by atoms with van der Waals surface area (Å²) in [6.45, 7) is 3.54. The van der Waals surface area contributed by atoms with Crippen molar-refractivity contribution >= 4 is 5.97 Å². The van der Waals surface area contributed by atoms with Crippen molar-refractivity contribution in [3.05, 3.63) is 65.7 Å². The molecule has 0 unspecified atom stereocenters. The van der Waals surface area contributed by atoms with Gasteiger partial charge in [0.2, 0.25) is 5.76 Å². The van der Waals surface area contributed by atoms with E-state index in [0.717, 1.165) is 5.56 Å². The topological polar surface area (TPSA) is 35.5 Å².